The van der Waals surface area contributed by atoms with Crippen LogP contribution in [0.25, 0.3) is 0 Å². The molecule has 0 spiro atoms. The molecule has 57 heavy (non-hydrogen) atoms. The molecule has 3 saturated heterocycles. The van der Waals surface area contributed by atoms with Crippen LogP contribution >= 0.6 is 23.5 Å². The molecule has 9 nitrogen and oxygen atoms in total. The van der Waals surface area contributed by atoms with Gasteiger partial charge in [-0.25, -0.2) is 0 Å². The highest BCUT2D eigenvalue weighted by Crippen LogP contribution is 2.48. The summed E-state index contributed by atoms with van der Waals surface area (Å²) in [5.41, 5.74) is 3.19. The standard InChI is InChI=1S/C46H56O9S2/c1-46(56-25-10-26-57-46)28-42-43(51-30-32-11-5-3-6-12-32)45(52-31-33-13-7-4-8-14-33)44-41(54-42)27-40-39(55-44)22-21-37(48)38(53-40)16-9-15-35(47)23-24-50-29-34-17-19-36(49-2)20-18-34/h3-8,11-14,17-22,35,37-45,47-48H,10,16,23-31H2,1-2H3/t35?,37-,38?,39+,40-,41+,42?,43-,44+,45+/m0/s1. The van der Waals surface area contributed by atoms with Gasteiger partial charge in [-0.2, -0.15) is 0 Å². The van der Waals surface area contributed by atoms with Gasteiger partial charge >= 0.3 is 0 Å². The summed E-state index contributed by atoms with van der Waals surface area (Å²) in [4.78, 5) is 0. The molecule has 306 valence electrons. The van der Waals surface area contributed by atoms with E-state index in [0.29, 0.717) is 39.3 Å². The molecule has 3 aromatic rings. The zero-order valence-electron chi connectivity index (χ0n) is 32.9. The van der Waals surface area contributed by atoms with E-state index in [2.05, 4.69) is 43.0 Å². The second-order valence-electron chi connectivity index (χ2n) is 15.2. The van der Waals surface area contributed by atoms with Gasteiger partial charge in [-0.15, -0.1) is 23.5 Å². The predicted octanol–water partition coefficient (Wildman–Crippen LogP) is 7.11. The Balaban J connectivity index is 1.02. The van der Waals surface area contributed by atoms with Crippen LogP contribution in [0.4, 0.5) is 0 Å². The molecule has 0 saturated carbocycles. The number of benzene rings is 3. The quantitative estimate of drug-likeness (QED) is 0.0932. The van der Waals surface area contributed by atoms with Crippen molar-refractivity contribution in [2.75, 3.05) is 25.2 Å². The molecule has 11 heteroatoms. The number of methoxy groups -OCH3 is 1. The highest BCUT2D eigenvalue weighted by atomic mass is 32.2. The zero-order chi connectivity index (χ0) is 39.5. The third kappa shape index (κ3) is 11.9. The van der Waals surface area contributed by atoms with Gasteiger partial charge in [-0.3, -0.25) is 0 Å². The summed E-state index contributed by atoms with van der Waals surface area (Å²) in [6.07, 6.45) is 1.95. The van der Waals surface area contributed by atoms with E-state index in [1.165, 1.54) is 6.42 Å². The number of aliphatic hydroxyl groups is 2. The van der Waals surface area contributed by atoms with E-state index < -0.39 is 36.6 Å². The summed E-state index contributed by atoms with van der Waals surface area (Å²) in [5, 5.41) is 21.7. The molecule has 0 bridgehead atoms. The van der Waals surface area contributed by atoms with Crippen LogP contribution in [0.2, 0.25) is 0 Å². The number of aliphatic hydroxyl groups excluding tert-OH is 2. The Hall–Kier alpha value is -2.86. The normalized spacial score (nSPS) is 29.9. The molecule has 3 fully saturated rings. The van der Waals surface area contributed by atoms with Crippen molar-refractivity contribution in [3.63, 3.8) is 0 Å². The van der Waals surface area contributed by atoms with Crippen molar-refractivity contribution in [1.29, 1.82) is 0 Å². The maximum atomic E-state index is 11.2. The molecule has 0 radical (unpaired) electrons. The Morgan fingerprint density at radius 1 is 0.789 bits per heavy atom. The average molecular weight is 817 g/mol. The summed E-state index contributed by atoms with van der Waals surface area (Å²) in [6, 6.07) is 28.1. The predicted molar refractivity (Wildman–Crippen MR) is 224 cm³/mol. The highest BCUT2D eigenvalue weighted by molar-refractivity contribution is 8.18. The van der Waals surface area contributed by atoms with Crippen LogP contribution in [0.15, 0.2) is 97.1 Å². The molecule has 4 aliphatic heterocycles. The minimum Gasteiger partial charge on any atom is -0.497 e. The van der Waals surface area contributed by atoms with Crippen molar-refractivity contribution in [3.8, 4) is 17.6 Å². The Morgan fingerprint density at radius 3 is 2.12 bits per heavy atom. The van der Waals surface area contributed by atoms with Gasteiger partial charge in [-0.05, 0) is 60.1 Å². The number of fused-ring (bicyclic) bond motifs is 2. The van der Waals surface area contributed by atoms with E-state index in [4.69, 9.17) is 33.2 Å². The van der Waals surface area contributed by atoms with E-state index in [9.17, 15) is 10.2 Å². The van der Waals surface area contributed by atoms with Gasteiger partial charge in [0.1, 0.15) is 36.3 Å². The van der Waals surface area contributed by atoms with Crippen molar-refractivity contribution in [1.82, 2.24) is 0 Å². The van der Waals surface area contributed by atoms with Crippen molar-refractivity contribution >= 4 is 23.5 Å². The molecule has 7 rings (SSSR count). The molecule has 2 N–H and O–H groups in total. The van der Waals surface area contributed by atoms with Gasteiger partial charge in [0.2, 0.25) is 0 Å². The van der Waals surface area contributed by atoms with E-state index in [-0.39, 0.29) is 34.9 Å². The molecule has 0 aliphatic carbocycles. The van der Waals surface area contributed by atoms with E-state index in [0.717, 1.165) is 40.4 Å². The smallest absolute Gasteiger partial charge is 0.118 e. The molecule has 3 aromatic carbocycles. The van der Waals surface area contributed by atoms with Crippen LogP contribution in [-0.2, 0) is 48.2 Å². The molecule has 0 amide bonds. The van der Waals surface area contributed by atoms with Crippen LogP contribution in [-0.4, -0.2) is 101 Å². The SMILES string of the molecule is COc1ccc(COCCC(O)C#CCC2O[C@H]3C[C@H]4OC(CC5(C)SCCCS5)[C@H](OCc5ccccc5)[C@@H](OCc5ccccc5)[C@@H]4O[C@@H]3C=C[C@@H]2O)cc1. The van der Waals surface area contributed by atoms with Crippen LogP contribution in [0.5, 0.6) is 5.75 Å². The van der Waals surface area contributed by atoms with Crippen LogP contribution in [0.3, 0.4) is 0 Å². The van der Waals surface area contributed by atoms with E-state index in [1.54, 1.807) is 13.2 Å². The minimum absolute atomic E-state index is 0.0190. The fourth-order valence-electron chi connectivity index (χ4n) is 7.81. The number of rotatable bonds is 15. The van der Waals surface area contributed by atoms with Crippen molar-refractivity contribution in [3.05, 3.63) is 114 Å². The summed E-state index contributed by atoms with van der Waals surface area (Å²) in [5.74, 6) is 9.03. The summed E-state index contributed by atoms with van der Waals surface area (Å²) < 4.78 is 45.3. The Labute approximate surface area is 346 Å². The molecular weight excluding hydrogens is 761 g/mol. The Bertz CT molecular complexity index is 1740. The lowest BCUT2D eigenvalue weighted by atomic mass is 9.86. The first kappa shape index (κ1) is 42.3. The van der Waals surface area contributed by atoms with E-state index >= 15 is 0 Å². The Kier molecular flexibility index (Phi) is 15.5. The van der Waals surface area contributed by atoms with Crippen LogP contribution in [0, 0.1) is 11.8 Å². The van der Waals surface area contributed by atoms with Crippen molar-refractivity contribution in [2.45, 2.75) is 124 Å². The highest BCUT2D eigenvalue weighted by Gasteiger charge is 2.54. The molecular formula is C46H56O9S2. The van der Waals surface area contributed by atoms with Crippen LogP contribution in [0.1, 0.15) is 55.7 Å². The minimum atomic E-state index is -0.887. The summed E-state index contributed by atoms with van der Waals surface area (Å²) in [7, 11) is 1.64. The Morgan fingerprint density at radius 2 is 1.44 bits per heavy atom. The third-order valence-electron chi connectivity index (χ3n) is 10.9. The van der Waals surface area contributed by atoms with Gasteiger partial charge in [0.15, 0.2) is 0 Å². The largest absolute Gasteiger partial charge is 0.497 e. The maximum absolute atomic E-state index is 11.2. The molecule has 0 aromatic heterocycles. The lowest BCUT2D eigenvalue weighted by molar-refractivity contribution is -0.300. The second kappa shape index (κ2) is 20.9. The topological polar surface area (TPSA) is 105 Å². The van der Waals surface area contributed by atoms with Gasteiger partial charge in [0.05, 0.1) is 68.1 Å². The van der Waals surface area contributed by atoms with Crippen molar-refractivity contribution < 1.29 is 43.4 Å². The number of hydrogen-bond acceptors (Lipinski definition) is 11. The first-order valence-corrected chi connectivity index (χ1v) is 22.1. The first-order valence-electron chi connectivity index (χ1n) is 20.1. The van der Waals surface area contributed by atoms with Gasteiger partial charge in [0, 0.05) is 19.3 Å². The lowest BCUT2D eigenvalue weighted by Crippen LogP contribution is -2.65. The average Bonchev–Trinajstić information content (AvgIpc) is 3.38. The fourth-order valence-corrected chi connectivity index (χ4v) is 10.8. The van der Waals surface area contributed by atoms with Crippen molar-refractivity contribution in [2.24, 2.45) is 0 Å². The first-order chi connectivity index (χ1) is 27.9. The summed E-state index contributed by atoms with van der Waals surface area (Å²) in [6.45, 7) is 3.98. The van der Waals surface area contributed by atoms with Gasteiger partial charge in [0.25, 0.3) is 0 Å². The maximum Gasteiger partial charge on any atom is 0.118 e. The summed E-state index contributed by atoms with van der Waals surface area (Å²) >= 11 is 4.01. The zero-order valence-corrected chi connectivity index (χ0v) is 34.5. The number of hydrogen-bond donors (Lipinski definition) is 2. The third-order valence-corrected chi connectivity index (χ3v) is 14.1. The number of ether oxygens (including phenoxy) is 7. The van der Waals surface area contributed by atoms with Gasteiger partial charge < -0.3 is 43.4 Å². The van der Waals surface area contributed by atoms with E-state index in [1.807, 2.05) is 90.3 Å². The molecule has 4 heterocycles. The number of thioether (sulfide) groups is 2. The monoisotopic (exact) mass is 816 g/mol. The second-order valence-corrected chi connectivity index (χ2v) is 18.7. The van der Waals surface area contributed by atoms with Gasteiger partial charge in [-0.1, -0.05) is 96.8 Å². The van der Waals surface area contributed by atoms with Crippen LogP contribution < -0.4 is 4.74 Å². The molecule has 4 aliphatic rings. The lowest BCUT2D eigenvalue weighted by Gasteiger charge is -2.52. The molecule has 10 atom stereocenters. The molecule has 3 unspecified atom stereocenters. The fraction of sp³-hybridized carbons (Fsp3) is 0.522.